The highest BCUT2D eigenvalue weighted by Gasteiger charge is 2.26. The van der Waals surface area contributed by atoms with Crippen molar-refractivity contribution in [1.29, 1.82) is 0 Å². The zero-order valence-electron chi connectivity index (χ0n) is 11.0. The molecule has 0 radical (unpaired) electrons. The highest BCUT2D eigenvalue weighted by Crippen LogP contribution is 2.26. The Bertz CT molecular complexity index is 611. The maximum absolute atomic E-state index is 12.2. The van der Waals surface area contributed by atoms with Gasteiger partial charge < -0.3 is 5.32 Å². The molecule has 1 aromatic carbocycles. The molecule has 0 aliphatic carbocycles. The quantitative estimate of drug-likeness (QED) is 0.621. The van der Waals surface area contributed by atoms with Crippen LogP contribution in [-0.2, 0) is 10.2 Å². The van der Waals surface area contributed by atoms with Crippen molar-refractivity contribution in [3.8, 4) is 0 Å². The van der Waals surface area contributed by atoms with Gasteiger partial charge in [-0.25, -0.2) is 0 Å². The zero-order chi connectivity index (χ0) is 14.8. The number of nitrogens with one attached hydrogen (secondary N) is 2. The molecule has 1 heterocycles. The zero-order valence-corrected chi connectivity index (χ0v) is 11.8. The molecule has 2 N–H and O–H groups in total. The summed E-state index contributed by atoms with van der Waals surface area (Å²) in [6.07, 6.45) is 0. The molecular formula is C11H16N4O4S. The third kappa shape index (κ3) is 3.24. The van der Waals surface area contributed by atoms with E-state index in [1.54, 1.807) is 13.0 Å². The molecular weight excluding hydrogens is 284 g/mol. The standard InChI is InChI=1S/C11H16N4O4S/c1-9-2-3-10(11(8-9)15(16)17)13-20(18,19)14-6-4-12-5-7-14/h2-3,8,12-13H,4-7H2,1H3. The summed E-state index contributed by atoms with van der Waals surface area (Å²) < 4.78 is 27.9. The minimum atomic E-state index is -3.77. The van der Waals surface area contributed by atoms with Crippen LogP contribution in [0.2, 0.25) is 0 Å². The Kier molecular flexibility index (Phi) is 4.21. The van der Waals surface area contributed by atoms with Gasteiger partial charge in [-0.15, -0.1) is 0 Å². The summed E-state index contributed by atoms with van der Waals surface area (Å²) in [5.74, 6) is 0. The van der Waals surface area contributed by atoms with Crippen LogP contribution >= 0.6 is 0 Å². The first-order valence-corrected chi connectivity index (χ1v) is 7.58. The average molecular weight is 300 g/mol. The van der Waals surface area contributed by atoms with Crippen molar-refractivity contribution < 1.29 is 13.3 Å². The second kappa shape index (κ2) is 5.73. The molecule has 2 rings (SSSR count). The van der Waals surface area contributed by atoms with E-state index in [1.165, 1.54) is 16.4 Å². The molecule has 0 atom stereocenters. The second-order valence-corrected chi connectivity index (χ2v) is 6.20. The van der Waals surface area contributed by atoms with E-state index < -0.39 is 15.1 Å². The topological polar surface area (TPSA) is 105 Å². The van der Waals surface area contributed by atoms with Gasteiger partial charge in [0.1, 0.15) is 5.69 Å². The van der Waals surface area contributed by atoms with Crippen LogP contribution < -0.4 is 10.0 Å². The lowest BCUT2D eigenvalue weighted by atomic mass is 10.2. The smallest absolute Gasteiger partial charge is 0.301 e. The molecule has 0 aromatic heterocycles. The molecule has 9 heteroatoms. The Balaban J connectivity index is 2.27. The minimum Gasteiger partial charge on any atom is -0.314 e. The van der Waals surface area contributed by atoms with E-state index in [4.69, 9.17) is 0 Å². The Morgan fingerprint density at radius 3 is 2.60 bits per heavy atom. The lowest BCUT2D eigenvalue weighted by Crippen LogP contribution is -2.48. The van der Waals surface area contributed by atoms with E-state index >= 15 is 0 Å². The molecule has 110 valence electrons. The van der Waals surface area contributed by atoms with Crippen molar-refractivity contribution in [2.24, 2.45) is 0 Å². The van der Waals surface area contributed by atoms with Crippen LogP contribution in [0.3, 0.4) is 0 Å². The molecule has 1 saturated heterocycles. The van der Waals surface area contributed by atoms with Crippen molar-refractivity contribution >= 4 is 21.6 Å². The molecule has 1 fully saturated rings. The van der Waals surface area contributed by atoms with E-state index in [0.717, 1.165) is 0 Å². The van der Waals surface area contributed by atoms with Gasteiger partial charge in [-0.1, -0.05) is 6.07 Å². The molecule has 20 heavy (non-hydrogen) atoms. The first kappa shape index (κ1) is 14.7. The van der Waals surface area contributed by atoms with Gasteiger partial charge in [0.25, 0.3) is 5.69 Å². The Morgan fingerprint density at radius 1 is 1.35 bits per heavy atom. The molecule has 1 aliphatic rings. The van der Waals surface area contributed by atoms with Crippen LogP contribution in [0, 0.1) is 17.0 Å². The minimum absolute atomic E-state index is 0.0147. The second-order valence-electron chi connectivity index (χ2n) is 4.53. The van der Waals surface area contributed by atoms with Gasteiger partial charge in [0.15, 0.2) is 0 Å². The summed E-state index contributed by atoms with van der Waals surface area (Å²) in [4.78, 5) is 10.4. The van der Waals surface area contributed by atoms with Crippen LogP contribution in [-0.4, -0.2) is 43.8 Å². The molecule has 0 spiro atoms. The lowest BCUT2D eigenvalue weighted by molar-refractivity contribution is -0.383. The summed E-state index contributed by atoms with van der Waals surface area (Å²) in [7, 11) is -3.77. The molecule has 1 aromatic rings. The summed E-state index contributed by atoms with van der Waals surface area (Å²) in [5, 5.41) is 14.0. The summed E-state index contributed by atoms with van der Waals surface area (Å²) in [6, 6.07) is 4.38. The molecule has 0 bridgehead atoms. The number of hydrogen-bond donors (Lipinski definition) is 2. The van der Waals surface area contributed by atoms with Crippen LogP contribution in [0.15, 0.2) is 18.2 Å². The van der Waals surface area contributed by atoms with Crippen molar-refractivity contribution in [3.05, 3.63) is 33.9 Å². The van der Waals surface area contributed by atoms with Gasteiger partial charge in [-0.3, -0.25) is 14.8 Å². The normalized spacial score (nSPS) is 16.9. The highest BCUT2D eigenvalue weighted by molar-refractivity contribution is 7.90. The fourth-order valence-electron chi connectivity index (χ4n) is 1.97. The van der Waals surface area contributed by atoms with Gasteiger partial charge in [0.2, 0.25) is 0 Å². The maximum atomic E-state index is 12.2. The Hall–Kier alpha value is -1.71. The maximum Gasteiger partial charge on any atom is 0.301 e. The molecule has 0 amide bonds. The predicted molar refractivity (Wildman–Crippen MR) is 74.8 cm³/mol. The van der Waals surface area contributed by atoms with Crippen LogP contribution in [0.1, 0.15) is 5.56 Å². The van der Waals surface area contributed by atoms with Crippen LogP contribution in [0.5, 0.6) is 0 Å². The van der Waals surface area contributed by atoms with E-state index in [-0.39, 0.29) is 11.4 Å². The number of rotatable bonds is 4. The number of nitro benzene ring substituents is 1. The van der Waals surface area contributed by atoms with E-state index in [9.17, 15) is 18.5 Å². The first-order valence-electron chi connectivity index (χ1n) is 6.14. The van der Waals surface area contributed by atoms with Gasteiger partial charge in [0, 0.05) is 32.2 Å². The average Bonchev–Trinajstić information content (AvgIpc) is 2.41. The molecule has 1 aliphatic heterocycles. The van der Waals surface area contributed by atoms with Gasteiger partial charge in [-0.05, 0) is 18.6 Å². The van der Waals surface area contributed by atoms with Crippen LogP contribution in [0.4, 0.5) is 11.4 Å². The third-order valence-corrected chi connectivity index (χ3v) is 4.53. The van der Waals surface area contributed by atoms with Gasteiger partial charge >= 0.3 is 10.2 Å². The first-order chi connectivity index (χ1) is 9.40. The Labute approximate surface area is 117 Å². The largest absolute Gasteiger partial charge is 0.314 e. The SMILES string of the molecule is Cc1ccc(NS(=O)(=O)N2CCNCC2)c([N+](=O)[O-])c1. The monoisotopic (exact) mass is 300 g/mol. The summed E-state index contributed by atoms with van der Waals surface area (Å²) in [6.45, 7) is 3.53. The van der Waals surface area contributed by atoms with Crippen molar-refractivity contribution in [3.63, 3.8) is 0 Å². The van der Waals surface area contributed by atoms with Crippen LogP contribution in [0.25, 0.3) is 0 Å². The number of nitrogens with zero attached hydrogens (tertiary/aromatic N) is 2. The van der Waals surface area contributed by atoms with Crippen molar-refractivity contribution in [2.75, 3.05) is 30.9 Å². The third-order valence-electron chi connectivity index (χ3n) is 3.00. The molecule has 0 saturated carbocycles. The number of aryl methyl sites for hydroxylation is 1. The van der Waals surface area contributed by atoms with Crippen molar-refractivity contribution in [2.45, 2.75) is 6.92 Å². The fraction of sp³-hybridized carbons (Fsp3) is 0.455. The van der Waals surface area contributed by atoms with E-state index in [0.29, 0.717) is 31.7 Å². The lowest BCUT2D eigenvalue weighted by Gasteiger charge is -2.26. The van der Waals surface area contributed by atoms with Gasteiger partial charge in [-0.2, -0.15) is 12.7 Å². The van der Waals surface area contributed by atoms with Gasteiger partial charge in [0.05, 0.1) is 4.92 Å². The fourth-order valence-corrected chi connectivity index (χ4v) is 3.21. The molecule has 0 unspecified atom stereocenters. The number of piperazine rings is 1. The number of benzene rings is 1. The Morgan fingerprint density at radius 2 is 2.00 bits per heavy atom. The van der Waals surface area contributed by atoms with E-state index in [1.807, 2.05) is 0 Å². The summed E-state index contributed by atoms with van der Waals surface area (Å²) in [5.41, 5.74) is 0.435. The highest BCUT2D eigenvalue weighted by atomic mass is 32.2. The number of hydrogen-bond acceptors (Lipinski definition) is 5. The number of nitro groups is 1. The predicted octanol–water partition coefficient (Wildman–Crippen LogP) is 0.465. The van der Waals surface area contributed by atoms with Crippen molar-refractivity contribution in [1.82, 2.24) is 9.62 Å². The van der Waals surface area contributed by atoms with E-state index in [2.05, 4.69) is 10.0 Å². The molecule has 8 nitrogen and oxygen atoms in total. The number of anilines is 1. The summed E-state index contributed by atoms with van der Waals surface area (Å²) >= 11 is 0.